The first-order chi connectivity index (χ1) is 20.2. The van der Waals surface area contributed by atoms with Gasteiger partial charge in [0.05, 0.1) is 24.8 Å². The first-order valence-corrected chi connectivity index (χ1v) is 14.9. The summed E-state index contributed by atoms with van der Waals surface area (Å²) in [4.78, 5) is 19.7. The number of aliphatic imine (C=N–C) groups is 1. The number of allylic oxidation sites excluding steroid dienone is 1. The van der Waals surface area contributed by atoms with E-state index in [-0.39, 0.29) is 11.5 Å². The third-order valence-corrected chi connectivity index (χ3v) is 8.89. The number of cyclic esters (lactones) is 1. The van der Waals surface area contributed by atoms with Gasteiger partial charge in [-0.1, -0.05) is 39.3 Å². The maximum absolute atomic E-state index is 13.6. The third kappa shape index (κ3) is 6.41. The van der Waals surface area contributed by atoms with Crippen LogP contribution in [0.2, 0.25) is 0 Å². The number of ether oxygens (including phenoxy) is 3. The third-order valence-electron chi connectivity index (χ3n) is 8.89. The number of methoxy groups -OCH3 is 1. The van der Waals surface area contributed by atoms with Crippen molar-refractivity contribution in [2.24, 2.45) is 16.3 Å². The highest BCUT2D eigenvalue weighted by atomic mass is 19.4. The molecule has 0 spiro atoms. The first-order valence-electron chi connectivity index (χ1n) is 14.9. The summed E-state index contributed by atoms with van der Waals surface area (Å²) in [5, 5.41) is 0. The molecule has 3 atom stereocenters. The number of carbonyl (C=O) groups excluding carboxylic acids is 1. The number of nitrogens with zero attached hydrogens (tertiary/aromatic N) is 2. The van der Waals surface area contributed by atoms with E-state index >= 15 is 0 Å². The fourth-order valence-corrected chi connectivity index (χ4v) is 6.36. The number of amides is 1. The minimum atomic E-state index is -4.49. The van der Waals surface area contributed by atoms with Gasteiger partial charge in [-0.05, 0) is 91.5 Å². The first kappa shape index (κ1) is 31.0. The zero-order chi connectivity index (χ0) is 31.3. The van der Waals surface area contributed by atoms with Crippen LogP contribution in [0, 0.1) is 18.3 Å². The summed E-state index contributed by atoms with van der Waals surface area (Å²) in [5.74, 6) is 1.72. The van der Waals surface area contributed by atoms with Crippen LogP contribution in [-0.4, -0.2) is 49.2 Å². The van der Waals surface area contributed by atoms with Crippen LogP contribution in [0.4, 0.5) is 18.0 Å². The van der Waals surface area contributed by atoms with E-state index in [0.717, 1.165) is 59.4 Å². The standard InChI is InChI=1S/C34H41F3N2O4/c1-19(2)28-18-42-31(38-28)22-8-9-29(41-7)27(15-22)26-10-11-33(5,6)16-24(26)17-39-21(4)30(43-32(39)40)23-12-20(3)13-25(14-23)34(35,36)37/h8-9,12-15,19,21,28,30H,10-11,16-18H2,1-7H3/t21-,28-,30-/m0/s1. The summed E-state index contributed by atoms with van der Waals surface area (Å²) < 4.78 is 58.2. The average Bonchev–Trinajstić information content (AvgIpc) is 3.53. The van der Waals surface area contributed by atoms with Crippen LogP contribution in [0.25, 0.3) is 5.57 Å². The summed E-state index contributed by atoms with van der Waals surface area (Å²) in [6.45, 7) is 13.0. The van der Waals surface area contributed by atoms with Crippen molar-refractivity contribution >= 4 is 17.6 Å². The summed E-state index contributed by atoms with van der Waals surface area (Å²) >= 11 is 0. The van der Waals surface area contributed by atoms with Gasteiger partial charge in [0.15, 0.2) is 0 Å². The van der Waals surface area contributed by atoms with Gasteiger partial charge in [0.1, 0.15) is 18.5 Å². The molecule has 6 nitrogen and oxygen atoms in total. The second-order valence-corrected chi connectivity index (χ2v) is 13.2. The molecular weight excluding hydrogens is 557 g/mol. The Hall–Kier alpha value is -3.49. The highest BCUT2D eigenvalue weighted by Gasteiger charge is 2.42. The summed E-state index contributed by atoms with van der Waals surface area (Å²) in [5.41, 5.74) is 4.09. The van der Waals surface area contributed by atoms with E-state index in [1.165, 1.54) is 0 Å². The largest absolute Gasteiger partial charge is 0.496 e. The van der Waals surface area contributed by atoms with Crippen LogP contribution in [0.1, 0.15) is 87.8 Å². The molecule has 0 unspecified atom stereocenters. The van der Waals surface area contributed by atoms with Crippen molar-refractivity contribution in [2.75, 3.05) is 20.3 Å². The van der Waals surface area contributed by atoms with Gasteiger partial charge in [0, 0.05) is 17.7 Å². The van der Waals surface area contributed by atoms with Crippen molar-refractivity contribution in [1.82, 2.24) is 4.90 Å². The molecule has 2 aromatic rings. The summed E-state index contributed by atoms with van der Waals surface area (Å²) in [6.07, 6.45) is -3.32. The molecule has 1 fully saturated rings. The summed E-state index contributed by atoms with van der Waals surface area (Å²) in [6, 6.07) is 9.47. The predicted octanol–water partition coefficient (Wildman–Crippen LogP) is 8.37. The smallest absolute Gasteiger partial charge is 0.416 e. The fraction of sp³-hybridized carbons (Fsp3) is 0.529. The van der Waals surface area contributed by atoms with Crippen molar-refractivity contribution < 1.29 is 32.2 Å². The van der Waals surface area contributed by atoms with Crippen molar-refractivity contribution in [2.45, 2.75) is 85.2 Å². The Bertz CT molecular complexity index is 1460. The van der Waals surface area contributed by atoms with Gasteiger partial charge in [-0.3, -0.25) is 4.90 Å². The number of aryl methyl sites for hydroxylation is 1. The maximum Gasteiger partial charge on any atom is 0.416 e. The van der Waals surface area contributed by atoms with Crippen molar-refractivity contribution in [3.05, 3.63) is 69.8 Å². The molecular formula is C34H41F3N2O4. The lowest BCUT2D eigenvalue weighted by molar-refractivity contribution is -0.137. The number of alkyl halides is 3. The van der Waals surface area contributed by atoms with Crippen molar-refractivity contribution in [3.63, 3.8) is 0 Å². The molecule has 3 aliphatic rings. The molecule has 1 aliphatic carbocycles. The lowest BCUT2D eigenvalue weighted by Gasteiger charge is -2.36. The predicted molar refractivity (Wildman–Crippen MR) is 160 cm³/mol. The van der Waals surface area contributed by atoms with E-state index in [1.54, 1.807) is 25.0 Å². The molecule has 0 aromatic heterocycles. The van der Waals surface area contributed by atoms with Crippen LogP contribution in [0.15, 0.2) is 47.0 Å². The van der Waals surface area contributed by atoms with Gasteiger partial charge >= 0.3 is 12.3 Å². The van der Waals surface area contributed by atoms with Crippen molar-refractivity contribution in [3.8, 4) is 5.75 Å². The van der Waals surface area contributed by atoms with Crippen LogP contribution < -0.4 is 4.74 Å². The number of halogens is 3. The molecule has 0 bridgehead atoms. The van der Waals surface area contributed by atoms with Crippen molar-refractivity contribution in [1.29, 1.82) is 0 Å². The molecule has 2 aliphatic heterocycles. The van der Waals surface area contributed by atoms with E-state index in [9.17, 15) is 18.0 Å². The van der Waals surface area contributed by atoms with Gasteiger partial charge in [-0.25, -0.2) is 9.79 Å². The number of carbonyl (C=O) groups is 1. The molecule has 1 amide bonds. The molecule has 232 valence electrons. The van der Waals surface area contributed by atoms with Crippen LogP contribution >= 0.6 is 0 Å². The molecule has 9 heteroatoms. The van der Waals surface area contributed by atoms with E-state index in [4.69, 9.17) is 19.2 Å². The topological polar surface area (TPSA) is 60.4 Å². The van der Waals surface area contributed by atoms with Gasteiger partial charge in [0.2, 0.25) is 5.90 Å². The Balaban J connectivity index is 1.50. The number of benzene rings is 2. The molecule has 0 N–H and O–H groups in total. The van der Waals surface area contributed by atoms with Crippen LogP contribution in [0.3, 0.4) is 0 Å². The Morgan fingerprint density at radius 3 is 2.56 bits per heavy atom. The second-order valence-electron chi connectivity index (χ2n) is 13.2. The normalized spacial score (nSPS) is 23.9. The van der Waals surface area contributed by atoms with E-state index in [0.29, 0.717) is 36.1 Å². The molecule has 2 aromatic carbocycles. The van der Waals surface area contributed by atoms with Crippen LogP contribution in [0.5, 0.6) is 5.75 Å². The molecule has 43 heavy (non-hydrogen) atoms. The minimum Gasteiger partial charge on any atom is -0.496 e. The molecule has 0 saturated carbocycles. The molecule has 0 radical (unpaired) electrons. The van der Waals surface area contributed by atoms with Crippen LogP contribution in [-0.2, 0) is 15.7 Å². The van der Waals surface area contributed by atoms with E-state index < -0.39 is 30.0 Å². The van der Waals surface area contributed by atoms with Gasteiger partial charge in [-0.2, -0.15) is 13.2 Å². The van der Waals surface area contributed by atoms with Gasteiger partial charge in [0.25, 0.3) is 0 Å². The molecule has 5 rings (SSSR count). The minimum absolute atomic E-state index is 0.0111. The average molecular weight is 599 g/mol. The maximum atomic E-state index is 13.6. The highest BCUT2D eigenvalue weighted by Crippen LogP contribution is 2.46. The number of hydrogen-bond acceptors (Lipinski definition) is 5. The Morgan fingerprint density at radius 1 is 1.16 bits per heavy atom. The Labute approximate surface area is 251 Å². The van der Waals surface area contributed by atoms with E-state index in [1.807, 2.05) is 19.1 Å². The van der Waals surface area contributed by atoms with Gasteiger partial charge in [-0.15, -0.1) is 0 Å². The lowest BCUT2D eigenvalue weighted by atomic mass is 9.72. The SMILES string of the molecule is COc1ccc(C2=N[C@H](C(C)C)CO2)cc1C1=C(CN2C(=O)O[C@H](c3cc(C)cc(C(F)(F)F)c3)[C@@H]2C)CC(C)(C)CC1. The lowest BCUT2D eigenvalue weighted by Crippen LogP contribution is -2.35. The monoisotopic (exact) mass is 598 g/mol. The summed E-state index contributed by atoms with van der Waals surface area (Å²) in [7, 11) is 1.64. The molecule has 2 heterocycles. The van der Waals surface area contributed by atoms with Gasteiger partial charge < -0.3 is 14.2 Å². The number of rotatable bonds is 7. The molecule has 1 saturated heterocycles. The second kappa shape index (κ2) is 11.5. The van der Waals surface area contributed by atoms with E-state index in [2.05, 4.69) is 33.8 Å². The fourth-order valence-electron chi connectivity index (χ4n) is 6.36. The number of hydrogen-bond donors (Lipinski definition) is 0. The Kier molecular flexibility index (Phi) is 8.31. The quantitative estimate of drug-likeness (QED) is 0.321. The highest BCUT2D eigenvalue weighted by molar-refractivity contribution is 5.96. The zero-order valence-corrected chi connectivity index (χ0v) is 26.0. The Morgan fingerprint density at radius 2 is 1.91 bits per heavy atom. The zero-order valence-electron chi connectivity index (χ0n) is 26.0.